The van der Waals surface area contributed by atoms with Crippen LogP contribution in [0, 0.1) is 0 Å². The first-order chi connectivity index (χ1) is 8.10. The van der Waals surface area contributed by atoms with Gasteiger partial charge in [0.25, 0.3) is 0 Å². The first-order valence-corrected chi connectivity index (χ1v) is 5.43. The van der Waals surface area contributed by atoms with E-state index in [1.165, 1.54) is 13.8 Å². The van der Waals surface area contributed by atoms with E-state index in [-0.39, 0.29) is 6.54 Å². The maximum absolute atomic E-state index is 11.2. The summed E-state index contributed by atoms with van der Waals surface area (Å²) in [6.45, 7) is 7.34. The number of rotatable bonds is 4. The summed E-state index contributed by atoms with van der Waals surface area (Å²) >= 11 is 0. The minimum Gasteiger partial charge on any atom is -0.444 e. The first-order valence-electron chi connectivity index (χ1n) is 5.43. The van der Waals surface area contributed by atoms with Gasteiger partial charge < -0.3 is 19.5 Å². The van der Waals surface area contributed by atoms with E-state index in [1.807, 2.05) is 0 Å². The molecule has 7 nitrogen and oxygen atoms in total. The highest BCUT2D eigenvalue weighted by molar-refractivity contribution is 5.78. The number of alkyl carbamates (subject to hydrolysis) is 1. The molecule has 104 valence electrons. The highest BCUT2D eigenvalue weighted by Crippen LogP contribution is 2.06. The van der Waals surface area contributed by atoms with Crippen molar-refractivity contribution < 1.29 is 28.6 Å². The van der Waals surface area contributed by atoms with Crippen molar-refractivity contribution in [2.45, 2.75) is 46.5 Å². The highest BCUT2D eigenvalue weighted by Gasteiger charge is 2.18. The molecule has 0 saturated carbocycles. The van der Waals surface area contributed by atoms with Crippen molar-refractivity contribution in [3.63, 3.8) is 0 Å². The Hall–Kier alpha value is -1.79. The summed E-state index contributed by atoms with van der Waals surface area (Å²) in [6, 6.07) is 0. The van der Waals surface area contributed by atoms with Crippen LogP contribution >= 0.6 is 0 Å². The Morgan fingerprint density at radius 2 is 1.72 bits per heavy atom. The Kier molecular flexibility index (Phi) is 6.15. The molecule has 0 spiro atoms. The van der Waals surface area contributed by atoms with Crippen LogP contribution in [0.5, 0.6) is 0 Å². The molecule has 0 bridgehead atoms. The van der Waals surface area contributed by atoms with Crippen molar-refractivity contribution >= 4 is 18.0 Å². The van der Waals surface area contributed by atoms with Crippen LogP contribution in [0.15, 0.2) is 0 Å². The van der Waals surface area contributed by atoms with Crippen molar-refractivity contribution in [1.29, 1.82) is 0 Å². The van der Waals surface area contributed by atoms with E-state index in [0.29, 0.717) is 0 Å². The minimum atomic E-state index is -0.990. The van der Waals surface area contributed by atoms with Crippen LogP contribution < -0.4 is 5.32 Å². The SMILES string of the molecule is CC(=O)OC(C)OC(=O)CNC(=O)OC(C)(C)C. The van der Waals surface area contributed by atoms with Crippen molar-refractivity contribution in [2.75, 3.05) is 6.54 Å². The number of nitrogens with one attached hydrogen (secondary N) is 1. The maximum atomic E-state index is 11.2. The lowest BCUT2D eigenvalue weighted by Crippen LogP contribution is -2.37. The van der Waals surface area contributed by atoms with Gasteiger partial charge in [0.15, 0.2) is 0 Å². The van der Waals surface area contributed by atoms with Gasteiger partial charge in [0.05, 0.1) is 0 Å². The Morgan fingerprint density at radius 1 is 1.17 bits per heavy atom. The summed E-state index contributed by atoms with van der Waals surface area (Å²) in [7, 11) is 0. The molecule has 1 amide bonds. The second kappa shape index (κ2) is 6.83. The Morgan fingerprint density at radius 3 is 2.17 bits per heavy atom. The monoisotopic (exact) mass is 261 g/mol. The third kappa shape index (κ3) is 9.44. The summed E-state index contributed by atoms with van der Waals surface area (Å²) in [5, 5.41) is 2.22. The summed E-state index contributed by atoms with van der Waals surface area (Å²) in [5.74, 6) is -1.29. The van der Waals surface area contributed by atoms with Crippen molar-refractivity contribution in [3.05, 3.63) is 0 Å². The largest absolute Gasteiger partial charge is 0.444 e. The molecule has 7 heteroatoms. The molecule has 0 aromatic heterocycles. The summed E-state index contributed by atoms with van der Waals surface area (Å²) in [4.78, 5) is 33.0. The maximum Gasteiger partial charge on any atom is 0.408 e. The van der Waals surface area contributed by atoms with E-state index in [0.717, 1.165) is 0 Å². The molecule has 18 heavy (non-hydrogen) atoms. The Bertz CT molecular complexity index is 320. The number of hydrogen-bond donors (Lipinski definition) is 1. The van der Waals surface area contributed by atoms with E-state index < -0.39 is 29.9 Å². The molecule has 1 atom stereocenters. The molecule has 0 aromatic carbocycles. The minimum absolute atomic E-state index is 0.361. The fourth-order valence-electron chi connectivity index (χ4n) is 0.943. The van der Waals surface area contributed by atoms with Crippen LogP contribution in [0.3, 0.4) is 0 Å². The van der Waals surface area contributed by atoms with E-state index >= 15 is 0 Å². The molecule has 0 heterocycles. The molecule has 1 N–H and O–H groups in total. The molecule has 0 radical (unpaired) electrons. The molecule has 0 saturated heterocycles. The van der Waals surface area contributed by atoms with Crippen LogP contribution in [0.2, 0.25) is 0 Å². The normalized spacial score (nSPS) is 12.3. The quantitative estimate of drug-likeness (QED) is 0.598. The lowest BCUT2D eigenvalue weighted by atomic mass is 10.2. The number of ether oxygens (including phenoxy) is 3. The van der Waals surface area contributed by atoms with Crippen LogP contribution in [0.25, 0.3) is 0 Å². The second-order valence-corrected chi connectivity index (χ2v) is 4.52. The van der Waals surface area contributed by atoms with E-state index in [2.05, 4.69) is 14.8 Å². The van der Waals surface area contributed by atoms with Gasteiger partial charge in [-0.1, -0.05) is 0 Å². The lowest BCUT2D eigenvalue weighted by Gasteiger charge is -2.19. The molecular weight excluding hydrogens is 242 g/mol. The van der Waals surface area contributed by atoms with Gasteiger partial charge in [0, 0.05) is 13.8 Å². The van der Waals surface area contributed by atoms with Gasteiger partial charge >= 0.3 is 18.0 Å². The average Bonchev–Trinajstić information content (AvgIpc) is 2.10. The molecule has 0 aliphatic heterocycles. The van der Waals surface area contributed by atoms with E-state index in [1.54, 1.807) is 20.8 Å². The number of esters is 2. The molecule has 0 aliphatic rings. The van der Waals surface area contributed by atoms with Gasteiger partial charge in [-0.3, -0.25) is 9.59 Å². The van der Waals surface area contributed by atoms with Gasteiger partial charge in [-0.2, -0.15) is 0 Å². The third-order valence-electron chi connectivity index (χ3n) is 1.41. The zero-order valence-electron chi connectivity index (χ0n) is 11.2. The molecule has 0 rings (SSSR count). The third-order valence-corrected chi connectivity index (χ3v) is 1.41. The van der Waals surface area contributed by atoms with Crippen LogP contribution in [0.4, 0.5) is 4.79 Å². The molecule has 0 aliphatic carbocycles. The Balaban J connectivity index is 3.90. The molecule has 1 unspecified atom stereocenters. The topological polar surface area (TPSA) is 90.9 Å². The van der Waals surface area contributed by atoms with Crippen LogP contribution in [-0.4, -0.2) is 36.5 Å². The van der Waals surface area contributed by atoms with Crippen molar-refractivity contribution in [1.82, 2.24) is 5.32 Å². The molecule has 0 fully saturated rings. The number of amides is 1. The average molecular weight is 261 g/mol. The van der Waals surface area contributed by atoms with Gasteiger partial charge in [0.1, 0.15) is 12.1 Å². The Labute approximate surface area is 106 Å². The van der Waals surface area contributed by atoms with Gasteiger partial charge in [-0.05, 0) is 20.8 Å². The van der Waals surface area contributed by atoms with E-state index in [4.69, 9.17) is 4.74 Å². The van der Waals surface area contributed by atoms with Crippen molar-refractivity contribution in [2.24, 2.45) is 0 Å². The van der Waals surface area contributed by atoms with Gasteiger partial charge in [0.2, 0.25) is 6.29 Å². The lowest BCUT2D eigenvalue weighted by molar-refractivity contribution is -0.182. The summed E-state index contributed by atoms with van der Waals surface area (Å²) in [5.41, 5.74) is -0.640. The van der Waals surface area contributed by atoms with Crippen LogP contribution in [-0.2, 0) is 23.8 Å². The van der Waals surface area contributed by atoms with Gasteiger partial charge in [-0.15, -0.1) is 0 Å². The van der Waals surface area contributed by atoms with Gasteiger partial charge in [-0.25, -0.2) is 4.79 Å². The first kappa shape index (κ1) is 16.2. The molecule has 0 aromatic rings. The summed E-state index contributed by atoms with van der Waals surface area (Å²) < 4.78 is 14.2. The zero-order chi connectivity index (χ0) is 14.3. The number of carbonyl (C=O) groups is 3. The summed E-state index contributed by atoms with van der Waals surface area (Å²) in [6.07, 6.45) is -1.71. The van der Waals surface area contributed by atoms with Crippen LogP contribution in [0.1, 0.15) is 34.6 Å². The zero-order valence-corrected chi connectivity index (χ0v) is 11.2. The number of hydrogen-bond acceptors (Lipinski definition) is 6. The smallest absolute Gasteiger partial charge is 0.408 e. The highest BCUT2D eigenvalue weighted by atomic mass is 16.7. The van der Waals surface area contributed by atoms with E-state index in [9.17, 15) is 14.4 Å². The fraction of sp³-hybridized carbons (Fsp3) is 0.727. The standard InChI is InChI=1S/C11H19NO6/c1-7(13)16-8(2)17-9(14)6-12-10(15)18-11(3,4)5/h8H,6H2,1-5H3,(H,12,15). The van der Waals surface area contributed by atoms with Crippen molar-refractivity contribution in [3.8, 4) is 0 Å². The second-order valence-electron chi connectivity index (χ2n) is 4.52. The predicted molar refractivity (Wildman–Crippen MR) is 61.6 cm³/mol. The molecular formula is C11H19NO6. The predicted octanol–water partition coefficient (Wildman–Crippen LogP) is 0.963. The fourth-order valence-corrected chi connectivity index (χ4v) is 0.943. The number of carbonyl (C=O) groups excluding carboxylic acids is 3.